The lowest BCUT2D eigenvalue weighted by Crippen LogP contribution is -2.21. The third kappa shape index (κ3) is 6.99. The summed E-state index contributed by atoms with van der Waals surface area (Å²) in [5.41, 5.74) is 3.13. The van der Waals surface area contributed by atoms with E-state index in [-0.39, 0.29) is 5.82 Å². The summed E-state index contributed by atoms with van der Waals surface area (Å²) in [5.74, 6) is 2.14. The molecule has 5 rings (SSSR count). The van der Waals surface area contributed by atoms with Crippen molar-refractivity contribution in [1.29, 1.82) is 0 Å². The second-order valence-corrected chi connectivity index (χ2v) is 17.8. The Kier molecular flexibility index (Phi) is 8.48. The lowest BCUT2D eigenvalue weighted by molar-refractivity contribution is -0.140. The molecular formula is C32H36F3N5O2Si. The molecule has 0 amide bonds. The van der Waals surface area contributed by atoms with Crippen molar-refractivity contribution in [2.45, 2.75) is 58.4 Å². The van der Waals surface area contributed by atoms with Crippen LogP contribution in [0.1, 0.15) is 31.0 Å². The number of ether oxygens (including phenoxy) is 2. The van der Waals surface area contributed by atoms with Crippen molar-refractivity contribution in [1.82, 2.24) is 24.1 Å². The zero-order valence-corrected chi connectivity index (χ0v) is 26.2. The van der Waals surface area contributed by atoms with Crippen molar-refractivity contribution >= 4 is 19.1 Å². The van der Waals surface area contributed by atoms with Gasteiger partial charge in [-0.25, -0.2) is 15.0 Å². The first-order valence-corrected chi connectivity index (χ1v) is 17.9. The Morgan fingerprint density at radius 3 is 2.33 bits per heavy atom. The molecule has 3 aromatic heterocycles. The molecule has 3 heterocycles. The monoisotopic (exact) mass is 607 g/mol. The lowest BCUT2D eigenvalue weighted by atomic mass is 9.97. The van der Waals surface area contributed by atoms with E-state index in [1.165, 1.54) is 11.6 Å². The van der Waals surface area contributed by atoms with Crippen LogP contribution in [0.3, 0.4) is 0 Å². The van der Waals surface area contributed by atoms with E-state index in [0.29, 0.717) is 47.7 Å². The van der Waals surface area contributed by atoms with Crippen molar-refractivity contribution in [2.24, 2.45) is 7.05 Å². The third-order valence-electron chi connectivity index (χ3n) is 7.14. The van der Waals surface area contributed by atoms with Gasteiger partial charge in [0.1, 0.15) is 23.8 Å². The summed E-state index contributed by atoms with van der Waals surface area (Å²) in [7, 11) is 0.298. The van der Waals surface area contributed by atoms with Crippen LogP contribution in [0, 0.1) is 0 Å². The first kappa shape index (κ1) is 30.5. The molecule has 0 atom stereocenters. The molecule has 2 aromatic carbocycles. The van der Waals surface area contributed by atoms with E-state index in [9.17, 15) is 13.2 Å². The van der Waals surface area contributed by atoms with Crippen molar-refractivity contribution in [3.05, 3.63) is 78.4 Å². The zero-order chi connectivity index (χ0) is 30.9. The Bertz CT molecular complexity index is 1720. The number of aromatic nitrogens is 5. The summed E-state index contributed by atoms with van der Waals surface area (Å²) < 4.78 is 55.1. The van der Waals surface area contributed by atoms with E-state index in [2.05, 4.69) is 44.5 Å². The standard InChI is InChI=1S/C32H36F3N5O2Si/c1-21(2)24-9-7-8-10-25(24)30-36-17-26-29(38-30)27(18-40(26)20-41-15-16-43(4,5)6)42-23-13-11-22(12-14-23)31-37-28(19-39(31)3)32(33,34)35/h7-14,17-19,21H,15-16,20H2,1-6H3. The SMILES string of the molecule is CC(C)c1ccccc1-c1ncc2c(n1)c(Oc1ccc(-c3nc(C(F)(F)F)cn3C)cc1)cn2COCC[Si](C)(C)C. The molecule has 5 aromatic rings. The van der Waals surface area contributed by atoms with Crippen LogP contribution in [0.2, 0.25) is 25.7 Å². The molecule has 0 aliphatic heterocycles. The van der Waals surface area contributed by atoms with Crippen LogP contribution < -0.4 is 4.74 Å². The highest BCUT2D eigenvalue weighted by Crippen LogP contribution is 2.35. The summed E-state index contributed by atoms with van der Waals surface area (Å²) in [4.78, 5) is 13.4. The van der Waals surface area contributed by atoms with Crippen LogP contribution in [-0.4, -0.2) is 38.8 Å². The van der Waals surface area contributed by atoms with Crippen LogP contribution in [0.25, 0.3) is 33.8 Å². The van der Waals surface area contributed by atoms with Crippen LogP contribution >= 0.6 is 0 Å². The molecule has 0 aliphatic rings. The fourth-order valence-electron chi connectivity index (χ4n) is 4.77. The van der Waals surface area contributed by atoms with Gasteiger partial charge in [0, 0.05) is 39.1 Å². The normalized spacial score (nSPS) is 12.4. The van der Waals surface area contributed by atoms with Gasteiger partial charge in [-0.05, 0) is 41.8 Å². The second-order valence-electron chi connectivity index (χ2n) is 12.2. The van der Waals surface area contributed by atoms with Gasteiger partial charge in [0.25, 0.3) is 0 Å². The summed E-state index contributed by atoms with van der Waals surface area (Å²) >= 11 is 0. The maximum absolute atomic E-state index is 13.2. The average molecular weight is 608 g/mol. The Labute approximate surface area is 250 Å². The van der Waals surface area contributed by atoms with E-state index in [1.807, 2.05) is 29.0 Å². The minimum Gasteiger partial charge on any atom is -0.453 e. The predicted molar refractivity (Wildman–Crippen MR) is 165 cm³/mol. The molecular weight excluding hydrogens is 571 g/mol. The quantitative estimate of drug-likeness (QED) is 0.117. The Morgan fingerprint density at radius 2 is 1.67 bits per heavy atom. The van der Waals surface area contributed by atoms with Crippen molar-refractivity contribution in [3.63, 3.8) is 0 Å². The molecule has 226 valence electrons. The number of imidazole rings is 1. The molecule has 0 unspecified atom stereocenters. The van der Waals surface area contributed by atoms with E-state index >= 15 is 0 Å². The number of nitrogens with zero attached hydrogens (tertiary/aromatic N) is 5. The van der Waals surface area contributed by atoms with Crippen molar-refractivity contribution < 1.29 is 22.6 Å². The van der Waals surface area contributed by atoms with Crippen LogP contribution in [-0.2, 0) is 24.7 Å². The molecule has 11 heteroatoms. The average Bonchev–Trinajstić information content (AvgIpc) is 3.51. The fraction of sp³-hybridized carbons (Fsp3) is 0.344. The topological polar surface area (TPSA) is 67.0 Å². The van der Waals surface area contributed by atoms with Gasteiger partial charge < -0.3 is 18.6 Å². The molecule has 0 N–H and O–H groups in total. The molecule has 0 aliphatic carbocycles. The Hall–Kier alpha value is -3.96. The molecule has 0 radical (unpaired) electrons. The highest BCUT2D eigenvalue weighted by atomic mass is 28.3. The number of hydrogen-bond acceptors (Lipinski definition) is 5. The summed E-state index contributed by atoms with van der Waals surface area (Å²) in [6.45, 7) is 12.2. The van der Waals surface area contributed by atoms with Gasteiger partial charge in [-0.1, -0.05) is 57.8 Å². The molecule has 0 fully saturated rings. The van der Waals surface area contributed by atoms with E-state index in [1.54, 1.807) is 30.5 Å². The zero-order valence-electron chi connectivity index (χ0n) is 25.2. The fourth-order valence-corrected chi connectivity index (χ4v) is 5.52. The molecule has 0 spiro atoms. The second kappa shape index (κ2) is 12.0. The number of benzene rings is 2. The van der Waals surface area contributed by atoms with Gasteiger partial charge in [-0.15, -0.1) is 0 Å². The molecule has 0 saturated carbocycles. The molecule has 43 heavy (non-hydrogen) atoms. The number of rotatable bonds is 10. The van der Waals surface area contributed by atoms with Gasteiger partial charge in [0.2, 0.25) is 0 Å². The predicted octanol–water partition coefficient (Wildman–Crippen LogP) is 8.75. The van der Waals surface area contributed by atoms with Gasteiger partial charge >= 0.3 is 6.18 Å². The first-order chi connectivity index (χ1) is 20.3. The van der Waals surface area contributed by atoms with Crippen LogP contribution in [0.15, 0.2) is 67.1 Å². The first-order valence-electron chi connectivity index (χ1n) is 14.2. The molecule has 0 bridgehead atoms. The highest BCUT2D eigenvalue weighted by molar-refractivity contribution is 6.76. The number of hydrogen-bond donors (Lipinski definition) is 0. The smallest absolute Gasteiger partial charge is 0.434 e. The molecule has 0 saturated heterocycles. The van der Waals surface area contributed by atoms with Gasteiger partial charge in [-0.2, -0.15) is 13.2 Å². The largest absolute Gasteiger partial charge is 0.453 e. The van der Waals surface area contributed by atoms with Gasteiger partial charge in [0.15, 0.2) is 17.3 Å². The van der Waals surface area contributed by atoms with E-state index in [0.717, 1.165) is 28.9 Å². The summed E-state index contributed by atoms with van der Waals surface area (Å²) in [6.07, 6.45) is 0.122. The van der Waals surface area contributed by atoms with Crippen molar-refractivity contribution in [2.75, 3.05) is 6.61 Å². The Balaban J connectivity index is 1.47. The number of alkyl halides is 3. The maximum atomic E-state index is 13.2. The van der Waals surface area contributed by atoms with E-state index in [4.69, 9.17) is 19.4 Å². The summed E-state index contributed by atoms with van der Waals surface area (Å²) in [6, 6.07) is 15.9. The van der Waals surface area contributed by atoms with E-state index < -0.39 is 19.9 Å². The number of fused-ring (bicyclic) bond motifs is 1. The minimum absolute atomic E-state index is 0.215. The van der Waals surface area contributed by atoms with Crippen LogP contribution in [0.5, 0.6) is 11.5 Å². The summed E-state index contributed by atoms with van der Waals surface area (Å²) in [5, 5.41) is 0. The number of halogens is 3. The lowest BCUT2D eigenvalue weighted by Gasteiger charge is -2.15. The van der Waals surface area contributed by atoms with Gasteiger partial charge in [0.05, 0.1) is 17.9 Å². The van der Waals surface area contributed by atoms with Gasteiger partial charge in [-0.3, -0.25) is 0 Å². The van der Waals surface area contributed by atoms with Crippen molar-refractivity contribution in [3.8, 4) is 34.3 Å². The maximum Gasteiger partial charge on any atom is 0.434 e. The third-order valence-corrected chi connectivity index (χ3v) is 8.85. The minimum atomic E-state index is -4.51. The van der Waals surface area contributed by atoms with Crippen LogP contribution in [0.4, 0.5) is 13.2 Å². The molecule has 7 nitrogen and oxygen atoms in total. The number of aryl methyl sites for hydroxylation is 1. The Morgan fingerprint density at radius 1 is 0.953 bits per heavy atom. The highest BCUT2D eigenvalue weighted by Gasteiger charge is 2.34.